The molecule has 0 fully saturated rings. The van der Waals surface area contributed by atoms with Gasteiger partial charge in [-0.2, -0.15) is 0 Å². The molecule has 0 bridgehead atoms. The molecule has 8 nitrogen and oxygen atoms in total. The van der Waals surface area contributed by atoms with Crippen LogP contribution in [0, 0.1) is 13.8 Å². The Balaban J connectivity index is 1.51. The van der Waals surface area contributed by atoms with Gasteiger partial charge in [0.05, 0.1) is 19.4 Å². The quantitative estimate of drug-likeness (QED) is 0.260. The lowest BCUT2D eigenvalue weighted by atomic mass is 10.1. The lowest BCUT2D eigenvalue weighted by Crippen LogP contribution is -2.24. The van der Waals surface area contributed by atoms with Crippen LogP contribution in [-0.4, -0.2) is 39.4 Å². The first kappa shape index (κ1) is 26.4. The molecule has 0 spiro atoms. The second kappa shape index (κ2) is 12.1. The zero-order chi connectivity index (χ0) is 26.4. The number of benzene rings is 3. The first-order valence-corrected chi connectivity index (χ1v) is 13.2. The standard InChI is InChI=1S/C27H26BrN5O3S/c1-17-7-8-18(2)23(13-17)30-25(34)16-37-27-32-31-24(33(27)21-11-9-20(28)10-12-21)15-29-26(35)19-5-4-6-22(14-19)36-3/h4-14H,15-16H2,1-3H3,(H,29,35)(H,30,34). The maximum atomic E-state index is 12.7. The molecule has 0 radical (unpaired) electrons. The Kier molecular flexibility index (Phi) is 8.62. The van der Waals surface area contributed by atoms with Crippen molar-refractivity contribution in [3.05, 3.63) is 93.7 Å². The molecule has 0 aliphatic rings. The summed E-state index contributed by atoms with van der Waals surface area (Å²) in [5.41, 5.74) is 4.16. The number of amides is 2. The highest BCUT2D eigenvalue weighted by atomic mass is 79.9. The normalized spacial score (nSPS) is 10.7. The molecule has 0 aliphatic heterocycles. The van der Waals surface area contributed by atoms with Crippen molar-refractivity contribution in [2.75, 3.05) is 18.2 Å². The van der Waals surface area contributed by atoms with Crippen molar-refractivity contribution in [2.24, 2.45) is 0 Å². The van der Waals surface area contributed by atoms with Crippen molar-refractivity contribution in [1.82, 2.24) is 20.1 Å². The van der Waals surface area contributed by atoms with Crippen LogP contribution in [-0.2, 0) is 11.3 Å². The molecular weight excluding hydrogens is 554 g/mol. The van der Waals surface area contributed by atoms with E-state index in [4.69, 9.17) is 4.74 Å². The molecule has 0 saturated carbocycles. The number of nitrogens with zero attached hydrogens (tertiary/aromatic N) is 3. The zero-order valence-electron chi connectivity index (χ0n) is 20.6. The largest absolute Gasteiger partial charge is 0.497 e. The summed E-state index contributed by atoms with van der Waals surface area (Å²) in [6.07, 6.45) is 0. The fourth-order valence-electron chi connectivity index (χ4n) is 3.57. The van der Waals surface area contributed by atoms with E-state index in [-0.39, 0.29) is 24.1 Å². The van der Waals surface area contributed by atoms with Gasteiger partial charge in [-0.1, -0.05) is 45.9 Å². The third-order valence-electron chi connectivity index (χ3n) is 5.52. The molecule has 37 heavy (non-hydrogen) atoms. The van der Waals surface area contributed by atoms with Crippen LogP contribution in [0.4, 0.5) is 5.69 Å². The first-order valence-electron chi connectivity index (χ1n) is 11.5. The van der Waals surface area contributed by atoms with Crippen LogP contribution in [0.5, 0.6) is 5.75 Å². The number of thioether (sulfide) groups is 1. The Morgan fingerprint density at radius 1 is 1.03 bits per heavy atom. The maximum Gasteiger partial charge on any atom is 0.251 e. The molecule has 0 saturated heterocycles. The number of nitrogens with one attached hydrogen (secondary N) is 2. The predicted octanol–water partition coefficient (Wildman–Crippen LogP) is 5.32. The van der Waals surface area contributed by atoms with Gasteiger partial charge in [-0.05, 0) is 73.5 Å². The van der Waals surface area contributed by atoms with Crippen molar-refractivity contribution >= 4 is 45.2 Å². The summed E-state index contributed by atoms with van der Waals surface area (Å²) in [6.45, 7) is 4.09. The van der Waals surface area contributed by atoms with Crippen molar-refractivity contribution in [3.8, 4) is 11.4 Å². The van der Waals surface area contributed by atoms with E-state index in [1.807, 2.05) is 60.9 Å². The molecule has 10 heteroatoms. The number of aryl methyl sites for hydroxylation is 2. The highest BCUT2D eigenvalue weighted by Crippen LogP contribution is 2.24. The molecule has 1 aromatic heterocycles. The summed E-state index contributed by atoms with van der Waals surface area (Å²) in [5.74, 6) is 0.890. The SMILES string of the molecule is COc1cccc(C(=O)NCc2nnc(SCC(=O)Nc3cc(C)ccc3C)n2-c2ccc(Br)cc2)c1. The zero-order valence-corrected chi connectivity index (χ0v) is 23.0. The van der Waals surface area contributed by atoms with Crippen molar-refractivity contribution in [1.29, 1.82) is 0 Å². The number of ether oxygens (including phenoxy) is 1. The Morgan fingerprint density at radius 2 is 1.81 bits per heavy atom. The summed E-state index contributed by atoms with van der Waals surface area (Å²) in [7, 11) is 1.55. The molecule has 2 N–H and O–H groups in total. The topological polar surface area (TPSA) is 98.1 Å². The van der Waals surface area contributed by atoms with Crippen LogP contribution in [0.15, 0.2) is 76.4 Å². The number of anilines is 1. The van der Waals surface area contributed by atoms with E-state index in [1.165, 1.54) is 11.8 Å². The van der Waals surface area contributed by atoms with Crippen LogP contribution in [0.2, 0.25) is 0 Å². The summed E-state index contributed by atoms with van der Waals surface area (Å²) in [4.78, 5) is 25.4. The highest BCUT2D eigenvalue weighted by molar-refractivity contribution is 9.10. The summed E-state index contributed by atoms with van der Waals surface area (Å²) in [5, 5.41) is 15.0. The van der Waals surface area contributed by atoms with Crippen LogP contribution in [0.25, 0.3) is 5.69 Å². The molecule has 4 rings (SSSR count). The Morgan fingerprint density at radius 3 is 2.57 bits per heavy atom. The average Bonchev–Trinajstić information content (AvgIpc) is 3.31. The maximum absolute atomic E-state index is 12.7. The van der Waals surface area contributed by atoms with E-state index >= 15 is 0 Å². The summed E-state index contributed by atoms with van der Waals surface area (Å²) < 4.78 is 7.98. The third-order valence-corrected chi connectivity index (χ3v) is 6.98. The van der Waals surface area contributed by atoms with Gasteiger partial charge in [0.2, 0.25) is 5.91 Å². The van der Waals surface area contributed by atoms with Crippen molar-refractivity contribution in [3.63, 3.8) is 0 Å². The Bertz CT molecular complexity index is 1420. The minimum absolute atomic E-state index is 0.142. The molecule has 3 aromatic carbocycles. The molecule has 2 amide bonds. The molecule has 0 atom stereocenters. The van der Waals surface area contributed by atoms with Gasteiger partial charge in [0.25, 0.3) is 5.91 Å². The van der Waals surface area contributed by atoms with E-state index in [9.17, 15) is 9.59 Å². The van der Waals surface area contributed by atoms with E-state index in [0.717, 1.165) is 27.0 Å². The number of hydrogen-bond acceptors (Lipinski definition) is 6. The fourth-order valence-corrected chi connectivity index (χ4v) is 4.61. The minimum Gasteiger partial charge on any atom is -0.497 e. The van der Waals surface area contributed by atoms with Gasteiger partial charge in [0.1, 0.15) is 5.75 Å². The number of methoxy groups -OCH3 is 1. The average molecular weight is 581 g/mol. The fraction of sp³-hybridized carbons (Fsp3) is 0.185. The van der Waals surface area contributed by atoms with Gasteiger partial charge in [-0.3, -0.25) is 14.2 Å². The van der Waals surface area contributed by atoms with E-state index < -0.39 is 0 Å². The van der Waals surface area contributed by atoms with Gasteiger partial charge in [-0.25, -0.2) is 0 Å². The number of rotatable bonds is 9. The Hall–Kier alpha value is -3.63. The first-order chi connectivity index (χ1) is 17.8. The van der Waals surface area contributed by atoms with Gasteiger partial charge >= 0.3 is 0 Å². The molecule has 0 aliphatic carbocycles. The number of carbonyl (C=O) groups is 2. The second-order valence-corrected chi connectivity index (χ2v) is 10.1. The lowest BCUT2D eigenvalue weighted by Gasteiger charge is -2.12. The summed E-state index contributed by atoms with van der Waals surface area (Å²) in [6, 6.07) is 20.5. The minimum atomic E-state index is -0.258. The number of aromatic nitrogens is 3. The number of carbonyl (C=O) groups excluding carboxylic acids is 2. The second-order valence-electron chi connectivity index (χ2n) is 8.28. The van der Waals surface area contributed by atoms with Gasteiger partial charge < -0.3 is 15.4 Å². The van der Waals surface area contributed by atoms with E-state index in [0.29, 0.717) is 22.3 Å². The number of hydrogen-bond donors (Lipinski definition) is 2. The monoisotopic (exact) mass is 579 g/mol. The molecule has 0 unspecified atom stereocenters. The molecule has 4 aromatic rings. The molecule has 190 valence electrons. The molecule has 1 heterocycles. The van der Waals surface area contributed by atoms with Gasteiger partial charge in [0, 0.05) is 21.4 Å². The van der Waals surface area contributed by atoms with Crippen molar-refractivity contribution < 1.29 is 14.3 Å². The van der Waals surface area contributed by atoms with Crippen LogP contribution in [0.3, 0.4) is 0 Å². The van der Waals surface area contributed by atoms with Crippen LogP contribution < -0.4 is 15.4 Å². The lowest BCUT2D eigenvalue weighted by molar-refractivity contribution is -0.113. The van der Waals surface area contributed by atoms with Crippen molar-refractivity contribution in [2.45, 2.75) is 25.5 Å². The summed E-state index contributed by atoms with van der Waals surface area (Å²) >= 11 is 4.74. The Labute approximate surface area is 228 Å². The molecular formula is C27H26BrN5O3S. The smallest absolute Gasteiger partial charge is 0.251 e. The highest BCUT2D eigenvalue weighted by Gasteiger charge is 2.18. The van der Waals surface area contributed by atoms with Gasteiger partial charge in [0.15, 0.2) is 11.0 Å². The number of halogens is 1. The third kappa shape index (κ3) is 6.78. The van der Waals surface area contributed by atoms with Crippen LogP contribution in [0.1, 0.15) is 27.3 Å². The van der Waals surface area contributed by atoms with E-state index in [1.54, 1.807) is 31.4 Å². The van der Waals surface area contributed by atoms with Gasteiger partial charge in [-0.15, -0.1) is 10.2 Å². The van der Waals surface area contributed by atoms with Crippen LogP contribution >= 0.6 is 27.7 Å². The predicted molar refractivity (Wildman–Crippen MR) is 148 cm³/mol. The van der Waals surface area contributed by atoms with E-state index in [2.05, 4.69) is 36.8 Å².